The van der Waals surface area contributed by atoms with Gasteiger partial charge in [0.2, 0.25) is 11.7 Å². The lowest BCUT2D eigenvalue weighted by Gasteiger charge is -2.22. The fourth-order valence-corrected chi connectivity index (χ4v) is 3.39. The Morgan fingerprint density at radius 1 is 1.34 bits per heavy atom. The molecule has 0 unspecified atom stereocenters. The van der Waals surface area contributed by atoms with Crippen molar-refractivity contribution in [1.29, 1.82) is 0 Å². The van der Waals surface area contributed by atoms with Gasteiger partial charge >= 0.3 is 0 Å². The molecule has 0 bridgehead atoms. The first kappa shape index (κ1) is 21.0. The highest BCUT2D eigenvalue weighted by molar-refractivity contribution is 5.90. The fraction of sp³-hybridized carbons (Fsp3) is 0.524. The molecule has 1 saturated heterocycles. The summed E-state index contributed by atoms with van der Waals surface area (Å²) >= 11 is 0. The largest absolute Gasteiger partial charge is 0.478 e. The molecule has 156 valence electrons. The average Bonchev–Trinajstić information content (AvgIpc) is 3.17. The number of ether oxygens (including phenoxy) is 1. The second kappa shape index (κ2) is 9.17. The van der Waals surface area contributed by atoms with E-state index in [1.807, 2.05) is 32.9 Å². The van der Waals surface area contributed by atoms with Crippen LogP contribution in [0.2, 0.25) is 0 Å². The number of aromatic nitrogens is 3. The van der Waals surface area contributed by atoms with Crippen LogP contribution in [-0.2, 0) is 6.54 Å². The molecule has 1 amide bonds. The predicted octanol–water partition coefficient (Wildman–Crippen LogP) is 1.96. The Bertz CT molecular complexity index is 870. The molecule has 0 saturated carbocycles. The zero-order valence-corrected chi connectivity index (χ0v) is 17.9. The van der Waals surface area contributed by atoms with E-state index in [1.54, 1.807) is 20.3 Å². The van der Waals surface area contributed by atoms with Crippen LogP contribution in [-0.4, -0.2) is 65.6 Å². The highest BCUT2D eigenvalue weighted by Gasteiger charge is 2.26. The second-order valence-electron chi connectivity index (χ2n) is 7.53. The zero-order chi connectivity index (χ0) is 21.0. The number of carbonyl (C=O) groups excluding carboxylic acids is 1. The van der Waals surface area contributed by atoms with E-state index in [9.17, 15) is 4.79 Å². The number of aryl methyl sites for hydroxylation is 1. The Kier molecular flexibility index (Phi) is 6.64. The van der Waals surface area contributed by atoms with Crippen LogP contribution in [0.1, 0.15) is 40.8 Å². The van der Waals surface area contributed by atoms with Gasteiger partial charge in [0.1, 0.15) is 5.82 Å². The number of nitrogens with one attached hydrogen (secondary N) is 1. The minimum atomic E-state index is -0.175. The molecular weight excluding hydrogens is 368 g/mol. The van der Waals surface area contributed by atoms with E-state index in [0.717, 1.165) is 48.7 Å². The van der Waals surface area contributed by atoms with Crippen molar-refractivity contribution < 1.29 is 9.53 Å². The van der Waals surface area contributed by atoms with E-state index in [2.05, 4.69) is 25.2 Å². The molecule has 2 aromatic heterocycles. The lowest BCUT2D eigenvalue weighted by Crippen LogP contribution is -2.33. The summed E-state index contributed by atoms with van der Waals surface area (Å²) in [5, 5.41) is 3.61. The first-order valence-corrected chi connectivity index (χ1v) is 10.0. The molecule has 0 radical (unpaired) electrons. The summed E-state index contributed by atoms with van der Waals surface area (Å²) in [7, 11) is 3.43. The van der Waals surface area contributed by atoms with Gasteiger partial charge in [-0.05, 0) is 38.8 Å². The number of hydrogen-bond acceptors (Lipinski definition) is 7. The molecule has 1 fully saturated rings. The molecule has 0 aliphatic carbocycles. The Hall–Kier alpha value is -2.74. The molecule has 0 spiro atoms. The quantitative estimate of drug-likeness (QED) is 0.763. The minimum absolute atomic E-state index is 0.175. The Balaban J connectivity index is 1.66. The van der Waals surface area contributed by atoms with E-state index in [-0.39, 0.29) is 11.7 Å². The standard InChI is InChI=1S/C21H30N6O2/c1-6-29-18-11-16(7-9-22-18)12-23-17-8-10-27(13-17)20-14(2)15(3)24-19(25-20)21(28)26(4)5/h7,9,11,17,23H,6,8,10,12-13H2,1-5H3/t17-/m1/s1. The van der Waals surface area contributed by atoms with Gasteiger partial charge in [0.15, 0.2) is 0 Å². The highest BCUT2D eigenvalue weighted by atomic mass is 16.5. The first-order valence-electron chi connectivity index (χ1n) is 10.0. The molecule has 0 aromatic carbocycles. The van der Waals surface area contributed by atoms with Crippen LogP contribution in [0.25, 0.3) is 0 Å². The van der Waals surface area contributed by atoms with Crippen molar-refractivity contribution in [3.8, 4) is 5.88 Å². The number of hydrogen-bond donors (Lipinski definition) is 1. The number of amides is 1. The number of nitrogens with zero attached hydrogens (tertiary/aromatic N) is 5. The van der Waals surface area contributed by atoms with Gasteiger partial charge < -0.3 is 19.9 Å². The maximum Gasteiger partial charge on any atom is 0.291 e. The van der Waals surface area contributed by atoms with Crippen molar-refractivity contribution in [2.24, 2.45) is 0 Å². The van der Waals surface area contributed by atoms with Crippen LogP contribution in [0.4, 0.5) is 5.82 Å². The van der Waals surface area contributed by atoms with Gasteiger partial charge in [0.25, 0.3) is 5.91 Å². The van der Waals surface area contributed by atoms with Crippen LogP contribution in [0.5, 0.6) is 5.88 Å². The van der Waals surface area contributed by atoms with Gasteiger partial charge in [0.05, 0.1) is 6.61 Å². The molecule has 29 heavy (non-hydrogen) atoms. The maximum absolute atomic E-state index is 12.3. The van der Waals surface area contributed by atoms with Gasteiger partial charge in [-0.15, -0.1) is 0 Å². The molecule has 3 heterocycles. The Labute approximate surface area is 172 Å². The summed E-state index contributed by atoms with van der Waals surface area (Å²) in [6, 6.07) is 4.32. The molecule has 8 nitrogen and oxygen atoms in total. The third kappa shape index (κ3) is 5.00. The highest BCUT2D eigenvalue weighted by Crippen LogP contribution is 2.24. The summed E-state index contributed by atoms with van der Waals surface area (Å²) in [5.41, 5.74) is 3.02. The van der Waals surface area contributed by atoms with E-state index in [1.165, 1.54) is 4.90 Å². The molecule has 8 heteroatoms. The topological polar surface area (TPSA) is 83.5 Å². The third-order valence-electron chi connectivity index (χ3n) is 5.14. The first-order chi connectivity index (χ1) is 13.9. The summed E-state index contributed by atoms with van der Waals surface area (Å²) in [4.78, 5) is 29.3. The molecule has 2 aromatic rings. The van der Waals surface area contributed by atoms with Gasteiger partial charge in [0, 0.05) is 63.3 Å². The molecule has 1 atom stereocenters. The molecule has 1 aliphatic rings. The normalized spacial score (nSPS) is 16.2. The van der Waals surface area contributed by atoms with Crippen LogP contribution in [0, 0.1) is 13.8 Å². The summed E-state index contributed by atoms with van der Waals surface area (Å²) in [6.45, 7) is 9.00. The molecule has 3 rings (SSSR count). The Morgan fingerprint density at radius 2 is 2.14 bits per heavy atom. The van der Waals surface area contributed by atoms with Crippen molar-refractivity contribution in [3.05, 3.63) is 41.0 Å². The Morgan fingerprint density at radius 3 is 2.86 bits per heavy atom. The molecule has 1 N–H and O–H groups in total. The summed E-state index contributed by atoms with van der Waals surface area (Å²) in [5.74, 6) is 1.59. The van der Waals surface area contributed by atoms with Crippen LogP contribution < -0.4 is 15.0 Å². The van der Waals surface area contributed by atoms with Crippen molar-refractivity contribution >= 4 is 11.7 Å². The van der Waals surface area contributed by atoms with E-state index in [4.69, 9.17) is 4.74 Å². The summed E-state index contributed by atoms with van der Waals surface area (Å²) < 4.78 is 5.47. The zero-order valence-electron chi connectivity index (χ0n) is 17.9. The second-order valence-corrected chi connectivity index (χ2v) is 7.53. The van der Waals surface area contributed by atoms with Gasteiger partial charge in [-0.3, -0.25) is 4.79 Å². The lowest BCUT2D eigenvalue weighted by atomic mass is 10.2. The van der Waals surface area contributed by atoms with Gasteiger partial charge in [-0.2, -0.15) is 0 Å². The molecule has 1 aliphatic heterocycles. The van der Waals surface area contributed by atoms with E-state index >= 15 is 0 Å². The third-order valence-corrected chi connectivity index (χ3v) is 5.14. The predicted molar refractivity (Wildman–Crippen MR) is 112 cm³/mol. The van der Waals surface area contributed by atoms with Crippen LogP contribution in [0.3, 0.4) is 0 Å². The van der Waals surface area contributed by atoms with Gasteiger partial charge in [-0.25, -0.2) is 15.0 Å². The molecular formula is C21H30N6O2. The maximum atomic E-state index is 12.3. The number of carbonyl (C=O) groups is 1. The van der Waals surface area contributed by atoms with Gasteiger partial charge in [-0.1, -0.05) is 0 Å². The minimum Gasteiger partial charge on any atom is -0.478 e. The van der Waals surface area contributed by atoms with Crippen LogP contribution in [0.15, 0.2) is 18.3 Å². The van der Waals surface area contributed by atoms with E-state index < -0.39 is 0 Å². The lowest BCUT2D eigenvalue weighted by molar-refractivity contribution is 0.0815. The fourth-order valence-electron chi connectivity index (χ4n) is 3.39. The number of anilines is 1. The van der Waals surface area contributed by atoms with Crippen molar-refractivity contribution in [3.63, 3.8) is 0 Å². The monoisotopic (exact) mass is 398 g/mol. The van der Waals surface area contributed by atoms with Crippen molar-refractivity contribution in [2.45, 2.75) is 39.8 Å². The summed E-state index contributed by atoms with van der Waals surface area (Å²) in [6.07, 6.45) is 2.79. The number of pyridine rings is 1. The number of rotatable bonds is 7. The van der Waals surface area contributed by atoms with E-state index in [0.29, 0.717) is 18.5 Å². The van der Waals surface area contributed by atoms with Crippen molar-refractivity contribution in [2.75, 3.05) is 38.7 Å². The SMILES string of the molecule is CCOc1cc(CN[C@@H]2CCN(c3nc(C(=O)N(C)C)nc(C)c3C)C2)ccn1. The van der Waals surface area contributed by atoms with Crippen LogP contribution >= 0.6 is 0 Å². The smallest absolute Gasteiger partial charge is 0.291 e. The average molecular weight is 399 g/mol. The van der Waals surface area contributed by atoms with Crippen molar-refractivity contribution in [1.82, 2.24) is 25.2 Å².